The number of hydrogen-bond acceptors (Lipinski definition) is 9. The Balaban J connectivity index is 5.12. The van der Waals surface area contributed by atoms with Gasteiger partial charge in [0, 0.05) is 25.8 Å². The van der Waals surface area contributed by atoms with Crippen LogP contribution in [0.15, 0.2) is 12.7 Å². The predicted molar refractivity (Wildman–Crippen MR) is 233 cm³/mol. The highest BCUT2D eigenvalue weighted by Crippen LogP contribution is 2.49. The van der Waals surface area contributed by atoms with E-state index in [1.807, 2.05) is 0 Å². The van der Waals surface area contributed by atoms with E-state index in [4.69, 9.17) is 23.0 Å². The van der Waals surface area contributed by atoms with Crippen molar-refractivity contribution >= 4 is 26.1 Å². The zero-order valence-electron chi connectivity index (χ0n) is 36.9. The monoisotopic (exact) mass is 831 g/mol. The highest BCUT2D eigenvalue weighted by molar-refractivity contribution is 7.48. The van der Waals surface area contributed by atoms with Crippen molar-refractivity contribution in [1.82, 2.24) is 10.6 Å². The van der Waals surface area contributed by atoms with E-state index in [9.17, 15) is 18.9 Å². The molecule has 336 valence electrons. The second-order valence-corrected chi connectivity index (χ2v) is 17.2. The van der Waals surface area contributed by atoms with Gasteiger partial charge in [0.25, 0.3) is 0 Å². The second kappa shape index (κ2) is 42.3. The molecule has 2 amide bonds. The summed E-state index contributed by atoms with van der Waals surface area (Å²) in [6.45, 7) is 10.5. The lowest BCUT2D eigenvalue weighted by Gasteiger charge is -2.23. The van der Waals surface area contributed by atoms with Crippen molar-refractivity contribution in [2.45, 2.75) is 219 Å². The van der Waals surface area contributed by atoms with Crippen LogP contribution in [0, 0.1) is 0 Å². The Morgan fingerprint density at radius 1 is 0.614 bits per heavy atom. The SMILES string of the molecule is C=CCOP(=O)(OCCNC=O)OC[C@@H](COCC[C@@H](CCCCCCC)OC(=O)CCCCCCCCCCC)NC(=O)CCCCCCCCCCCCC. The van der Waals surface area contributed by atoms with Crippen molar-refractivity contribution in [3.8, 4) is 0 Å². The second-order valence-electron chi connectivity index (χ2n) is 15.5. The number of phosphoric ester groups is 1. The summed E-state index contributed by atoms with van der Waals surface area (Å²) in [5.74, 6) is -0.271. The van der Waals surface area contributed by atoms with Crippen LogP contribution < -0.4 is 10.6 Å². The average molecular weight is 831 g/mol. The van der Waals surface area contributed by atoms with Gasteiger partial charge in [0.05, 0.1) is 39.1 Å². The Hall–Kier alpha value is -1.78. The van der Waals surface area contributed by atoms with E-state index in [1.54, 1.807) is 0 Å². The lowest BCUT2D eigenvalue weighted by atomic mass is 10.1. The van der Waals surface area contributed by atoms with Gasteiger partial charge in [-0.1, -0.05) is 168 Å². The van der Waals surface area contributed by atoms with Crippen molar-refractivity contribution < 1.29 is 42.0 Å². The number of carbonyl (C=O) groups excluding carboxylic acids is 3. The molecular weight excluding hydrogens is 743 g/mol. The molecular formula is C45H87N2O9P. The molecule has 0 aliphatic heterocycles. The average Bonchev–Trinajstić information content (AvgIpc) is 3.20. The molecule has 3 atom stereocenters. The minimum absolute atomic E-state index is 0.0670. The van der Waals surface area contributed by atoms with Crippen LogP contribution in [0.2, 0.25) is 0 Å². The first-order valence-corrected chi connectivity index (χ1v) is 24.7. The summed E-state index contributed by atoms with van der Waals surface area (Å²) in [5, 5.41) is 5.45. The first-order valence-electron chi connectivity index (χ1n) is 23.2. The van der Waals surface area contributed by atoms with E-state index in [-0.39, 0.29) is 51.0 Å². The molecule has 2 N–H and O–H groups in total. The topological polar surface area (TPSA) is 138 Å². The first kappa shape index (κ1) is 55.2. The lowest BCUT2D eigenvalue weighted by molar-refractivity contribution is -0.150. The third-order valence-electron chi connectivity index (χ3n) is 10.1. The van der Waals surface area contributed by atoms with Gasteiger partial charge >= 0.3 is 13.8 Å². The Bertz CT molecular complexity index is 986. The van der Waals surface area contributed by atoms with Crippen LogP contribution in [0.5, 0.6) is 0 Å². The third kappa shape index (κ3) is 38.2. The summed E-state index contributed by atoms with van der Waals surface area (Å²) in [4.78, 5) is 36.5. The number of ether oxygens (including phenoxy) is 2. The fraction of sp³-hybridized carbons (Fsp3) is 0.889. The van der Waals surface area contributed by atoms with Crippen molar-refractivity contribution in [3.05, 3.63) is 12.7 Å². The van der Waals surface area contributed by atoms with E-state index in [0.29, 0.717) is 32.3 Å². The molecule has 0 heterocycles. The first-order chi connectivity index (χ1) is 27.8. The molecule has 0 spiro atoms. The number of hydrogen-bond donors (Lipinski definition) is 2. The fourth-order valence-corrected chi connectivity index (χ4v) is 7.79. The molecule has 0 bridgehead atoms. The number of esters is 1. The Labute approximate surface area is 349 Å². The Kier molecular flexibility index (Phi) is 41.0. The molecule has 0 radical (unpaired) electrons. The molecule has 11 nitrogen and oxygen atoms in total. The zero-order chi connectivity index (χ0) is 41.9. The van der Waals surface area contributed by atoms with E-state index >= 15 is 0 Å². The van der Waals surface area contributed by atoms with E-state index < -0.39 is 13.9 Å². The minimum atomic E-state index is -4.03. The number of amides is 2. The van der Waals surface area contributed by atoms with Gasteiger partial charge in [-0.3, -0.25) is 28.0 Å². The molecule has 0 fully saturated rings. The van der Waals surface area contributed by atoms with E-state index in [1.165, 1.54) is 115 Å². The van der Waals surface area contributed by atoms with Crippen molar-refractivity contribution in [2.24, 2.45) is 0 Å². The van der Waals surface area contributed by atoms with Gasteiger partial charge in [-0.25, -0.2) is 4.57 Å². The van der Waals surface area contributed by atoms with Gasteiger partial charge in [-0.2, -0.15) is 0 Å². The number of rotatable bonds is 46. The maximum atomic E-state index is 13.3. The summed E-state index contributed by atoms with van der Waals surface area (Å²) in [7, 11) is -4.03. The van der Waals surface area contributed by atoms with Crippen molar-refractivity contribution in [2.75, 3.05) is 39.6 Å². The van der Waals surface area contributed by atoms with Crippen LogP contribution >= 0.6 is 7.82 Å². The molecule has 0 saturated carbocycles. The van der Waals surface area contributed by atoms with Gasteiger partial charge in [-0.05, 0) is 25.7 Å². The van der Waals surface area contributed by atoms with Gasteiger partial charge in [0.15, 0.2) is 0 Å². The largest absolute Gasteiger partial charge is 0.475 e. The maximum Gasteiger partial charge on any atom is 0.475 e. The summed E-state index contributed by atoms with van der Waals surface area (Å²) >= 11 is 0. The Morgan fingerprint density at radius 2 is 1.12 bits per heavy atom. The number of carbonyl (C=O) groups is 3. The summed E-state index contributed by atoms with van der Waals surface area (Å²) in [6, 6.07) is -0.621. The van der Waals surface area contributed by atoms with Gasteiger partial charge in [-0.15, -0.1) is 6.58 Å². The molecule has 0 aliphatic carbocycles. The van der Waals surface area contributed by atoms with Crippen LogP contribution in [-0.4, -0.2) is 70.0 Å². The molecule has 1 unspecified atom stereocenters. The van der Waals surface area contributed by atoms with Crippen LogP contribution in [-0.2, 0) is 42.0 Å². The standard InChI is InChI=1S/C45H87N2O9P/c1-5-9-12-15-17-19-20-22-23-26-29-32-44(49)47-42(40-55-57(51,53-36-8-4)54-38-35-46-41-48)39-52-37-34-43(31-28-25-14-11-7-3)56-45(50)33-30-27-24-21-18-16-13-10-6-2/h8,41-43H,4-7,9-40H2,1-3H3,(H,46,48)(H,47,49)/t42-,43-,57?/m1/s1. The normalized spacial score (nSPS) is 13.5. The lowest BCUT2D eigenvalue weighted by Crippen LogP contribution is -2.41. The third-order valence-corrected chi connectivity index (χ3v) is 11.5. The fourth-order valence-electron chi connectivity index (χ4n) is 6.60. The molecule has 0 aromatic heterocycles. The molecule has 0 aliphatic rings. The van der Waals surface area contributed by atoms with Gasteiger partial charge in [0.2, 0.25) is 12.3 Å². The van der Waals surface area contributed by atoms with Crippen LogP contribution in [0.1, 0.15) is 207 Å². The van der Waals surface area contributed by atoms with Gasteiger partial charge in [0.1, 0.15) is 6.10 Å². The molecule has 0 saturated heterocycles. The number of unbranched alkanes of at least 4 members (excludes halogenated alkanes) is 22. The smallest absolute Gasteiger partial charge is 0.462 e. The van der Waals surface area contributed by atoms with E-state index in [2.05, 4.69) is 38.0 Å². The highest BCUT2D eigenvalue weighted by Gasteiger charge is 2.28. The number of nitrogens with one attached hydrogen (secondary N) is 2. The molecule has 0 aromatic carbocycles. The zero-order valence-corrected chi connectivity index (χ0v) is 37.8. The summed E-state index contributed by atoms with van der Waals surface area (Å²) in [5.41, 5.74) is 0. The molecule has 12 heteroatoms. The summed E-state index contributed by atoms with van der Waals surface area (Å²) < 4.78 is 41.8. The van der Waals surface area contributed by atoms with Crippen molar-refractivity contribution in [3.63, 3.8) is 0 Å². The molecule has 0 aromatic rings. The van der Waals surface area contributed by atoms with Crippen LogP contribution in [0.3, 0.4) is 0 Å². The van der Waals surface area contributed by atoms with Crippen LogP contribution in [0.25, 0.3) is 0 Å². The minimum Gasteiger partial charge on any atom is -0.462 e. The van der Waals surface area contributed by atoms with Crippen molar-refractivity contribution in [1.29, 1.82) is 0 Å². The molecule has 57 heavy (non-hydrogen) atoms. The Morgan fingerprint density at radius 3 is 1.65 bits per heavy atom. The quantitative estimate of drug-likeness (QED) is 0.0202. The molecule has 0 rings (SSSR count). The van der Waals surface area contributed by atoms with E-state index in [0.717, 1.165) is 57.8 Å². The van der Waals surface area contributed by atoms with Crippen LogP contribution in [0.4, 0.5) is 0 Å². The highest BCUT2D eigenvalue weighted by atomic mass is 31.2. The summed E-state index contributed by atoms with van der Waals surface area (Å²) in [6.07, 6.45) is 33.5. The predicted octanol–water partition coefficient (Wildman–Crippen LogP) is 11.9. The van der Waals surface area contributed by atoms with Gasteiger partial charge < -0.3 is 20.1 Å². The maximum absolute atomic E-state index is 13.3. The number of phosphoric acid groups is 1.